The van der Waals surface area contributed by atoms with Crippen molar-refractivity contribution in [2.75, 3.05) is 5.75 Å². The molecule has 7 heteroatoms. The summed E-state index contributed by atoms with van der Waals surface area (Å²) in [7, 11) is 0. The number of rotatable bonds is 8. The van der Waals surface area contributed by atoms with E-state index in [9.17, 15) is 9.18 Å². The Labute approximate surface area is 183 Å². The Hall–Kier alpha value is -3.45. The van der Waals surface area contributed by atoms with Gasteiger partial charge in [-0.2, -0.15) is 0 Å². The van der Waals surface area contributed by atoms with E-state index < -0.39 is 0 Å². The topological polar surface area (TPSA) is 68.0 Å². The number of carbonyl (C=O) groups is 1. The smallest absolute Gasteiger partial charge is 0.277 e. The molecule has 3 aromatic carbocycles. The zero-order valence-corrected chi connectivity index (χ0v) is 17.4. The third-order valence-electron chi connectivity index (χ3n) is 4.64. The lowest BCUT2D eigenvalue weighted by Gasteiger charge is -2.19. The van der Waals surface area contributed by atoms with Crippen LogP contribution in [-0.2, 0) is 11.2 Å². The molecule has 1 atom stereocenters. The highest BCUT2D eigenvalue weighted by Crippen LogP contribution is 2.24. The van der Waals surface area contributed by atoms with Gasteiger partial charge in [-0.15, -0.1) is 10.2 Å². The maximum absolute atomic E-state index is 13.1. The Balaban J connectivity index is 1.38. The molecule has 0 spiro atoms. The molecule has 4 aromatic rings. The number of benzene rings is 3. The first-order chi connectivity index (χ1) is 15.2. The lowest BCUT2D eigenvalue weighted by Crippen LogP contribution is -2.31. The Kier molecular flexibility index (Phi) is 6.74. The molecule has 0 aliphatic carbocycles. The molecule has 1 aromatic heterocycles. The zero-order chi connectivity index (χ0) is 21.5. The van der Waals surface area contributed by atoms with Crippen molar-refractivity contribution in [3.63, 3.8) is 0 Å². The Bertz CT molecular complexity index is 1120. The summed E-state index contributed by atoms with van der Waals surface area (Å²) in [6, 6.07) is 25.6. The van der Waals surface area contributed by atoms with Gasteiger partial charge in [0.05, 0.1) is 11.8 Å². The summed E-state index contributed by atoms with van der Waals surface area (Å²) in [5.74, 6) is -0.0353. The molecular weight excluding hydrogens is 413 g/mol. The van der Waals surface area contributed by atoms with Crippen molar-refractivity contribution in [3.8, 4) is 11.5 Å². The quantitative estimate of drug-likeness (QED) is 0.393. The highest BCUT2D eigenvalue weighted by atomic mass is 32.2. The molecule has 156 valence electrons. The lowest BCUT2D eigenvalue weighted by atomic mass is 9.99. The molecule has 31 heavy (non-hydrogen) atoms. The molecule has 0 aliphatic rings. The lowest BCUT2D eigenvalue weighted by molar-refractivity contribution is -0.119. The van der Waals surface area contributed by atoms with Crippen LogP contribution < -0.4 is 5.32 Å². The van der Waals surface area contributed by atoms with Gasteiger partial charge in [0.15, 0.2) is 0 Å². The van der Waals surface area contributed by atoms with Gasteiger partial charge in [0.1, 0.15) is 5.82 Å². The highest BCUT2D eigenvalue weighted by Gasteiger charge is 2.17. The van der Waals surface area contributed by atoms with Crippen LogP contribution in [0, 0.1) is 5.82 Å². The maximum Gasteiger partial charge on any atom is 0.277 e. The van der Waals surface area contributed by atoms with E-state index >= 15 is 0 Å². The van der Waals surface area contributed by atoms with Crippen molar-refractivity contribution in [3.05, 3.63) is 102 Å². The number of hydrogen-bond donors (Lipinski definition) is 1. The van der Waals surface area contributed by atoms with Gasteiger partial charge in [0, 0.05) is 5.56 Å². The molecule has 1 heterocycles. The van der Waals surface area contributed by atoms with E-state index in [1.54, 1.807) is 12.1 Å². The molecule has 0 saturated carbocycles. The first-order valence-corrected chi connectivity index (χ1v) is 10.8. The fourth-order valence-electron chi connectivity index (χ4n) is 3.13. The molecule has 0 bridgehead atoms. The van der Waals surface area contributed by atoms with Crippen LogP contribution in [0.4, 0.5) is 4.39 Å². The molecule has 4 rings (SSSR count). The highest BCUT2D eigenvalue weighted by molar-refractivity contribution is 7.99. The summed E-state index contributed by atoms with van der Waals surface area (Å²) in [5, 5.41) is 11.3. The first kappa shape index (κ1) is 20.8. The fourth-order valence-corrected chi connectivity index (χ4v) is 3.70. The van der Waals surface area contributed by atoms with Gasteiger partial charge in [-0.1, -0.05) is 72.4 Å². The second-order valence-corrected chi connectivity index (χ2v) is 7.82. The summed E-state index contributed by atoms with van der Waals surface area (Å²) in [6.07, 6.45) is 0.691. The number of halogens is 1. The van der Waals surface area contributed by atoms with Gasteiger partial charge in [-0.05, 0) is 41.8 Å². The average Bonchev–Trinajstić information content (AvgIpc) is 3.28. The van der Waals surface area contributed by atoms with Gasteiger partial charge >= 0.3 is 0 Å². The number of thioether (sulfide) groups is 1. The van der Waals surface area contributed by atoms with Gasteiger partial charge in [0.2, 0.25) is 11.8 Å². The van der Waals surface area contributed by atoms with Crippen LogP contribution in [0.2, 0.25) is 0 Å². The first-order valence-electron chi connectivity index (χ1n) is 9.78. The number of carbonyl (C=O) groups excluding carboxylic acids is 1. The summed E-state index contributed by atoms with van der Waals surface area (Å²) in [6.45, 7) is 0. The molecule has 0 saturated heterocycles. The van der Waals surface area contributed by atoms with E-state index in [0.29, 0.717) is 12.0 Å². The van der Waals surface area contributed by atoms with Crippen LogP contribution in [0.25, 0.3) is 11.5 Å². The fraction of sp³-hybridized carbons (Fsp3) is 0.125. The van der Waals surface area contributed by atoms with Crippen molar-refractivity contribution < 1.29 is 13.6 Å². The normalized spacial score (nSPS) is 11.8. The van der Waals surface area contributed by atoms with Crippen LogP contribution >= 0.6 is 11.8 Å². The van der Waals surface area contributed by atoms with Crippen molar-refractivity contribution >= 4 is 17.7 Å². The van der Waals surface area contributed by atoms with Crippen LogP contribution in [0.5, 0.6) is 0 Å². The van der Waals surface area contributed by atoms with Gasteiger partial charge in [-0.25, -0.2) is 4.39 Å². The number of nitrogens with one attached hydrogen (secondary N) is 1. The average molecular weight is 434 g/mol. The molecule has 1 N–H and O–H groups in total. The van der Waals surface area contributed by atoms with Crippen molar-refractivity contribution in [2.45, 2.75) is 17.7 Å². The number of amides is 1. The van der Waals surface area contributed by atoms with Gasteiger partial charge in [0.25, 0.3) is 5.22 Å². The van der Waals surface area contributed by atoms with E-state index in [0.717, 1.165) is 22.9 Å². The minimum Gasteiger partial charge on any atom is -0.411 e. The second-order valence-electron chi connectivity index (χ2n) is 6.89. The summed E-state index contributed by atoms with van der Waals surface area (Å²) < 4.78 is 18.6. The molecule has 0 unspecified atom stereocenters. The number of hydrogen-bond acceptors (Lipinski definition) is 5. The monoisotopic (exact) mass is 433 g/mol. The predicted molar refractivity (Wildman–Crippen MR) is 118 cm³/mol. The summed E-state index contributed by atoms with van der Waals surface area (Å²) >= 11 is 1.16. The zero-order valence-electron chi connectivity index (χ0n) is 16.6. The largest absolute Gasteiger partial charge is 0.411 e. The Morgan fingerprint density at radius 2 is 1.61 bits per heavy atom. The van der Waals surface area contributed by atoms with Crippen LogP contribution in [0.3, 0.4) is 0 Å². The third kappa shape index (κ3) is 5.79. The summed E-state index contributed by atoms with van der Waals surface area (Å²) in [4.78, 5) is 12.6. The van der Waals surface area contributed by atoms with Crippen molar-refractivity contribution in [1.29, 1.82) is 0 Å². The Morgan fingerprint density at radius 1 is 0.935 bits per heavy atom. The molecular formula is C24H20FN3O2S. The molecule has 5 nitrogen and oxygen atoms in total. The SMILES string of the molecule is O=C(CSc1nnc(-c2ccc(F)cc2)o1)N[C@@H](Cc1ccccc1)c1ccccc1. The molecule has 0 fully saturated rings. The van der Waals surface area contributed by atoms with E-state index in [2.05, 4.69) is 15.5 Å². The van der Waals surface area contributed by atoms with Crippen LogP contribution in [-0.4, -0.2) is 21.9 Å². The standard InChI is InChI=1S/C24H20FN3O2S/c25-20-13-11-19(12-14-20)23-27-28-24(30-23)31-16-22(29)26-21(18-9-5-2-6-10-18)15-17-7-3-1-4-8-17/h1-14,21H,15-16H2,(H,26,29)/t21-/m0/s1. The van der Waals surface area contributed by atoms with Crippen molar-refractivity contribution in [2.24, 2.45) is 0 Å². The van der Waals surface area contributed by atoms with Crippen LogP contribution in [0.15, 0.2) is 94.6 Å². The van der Waals surface area contributed by atoms with E-state index in [4.69, 9.17) is 4.42 Å². The molecule has 1 amide bonds. The summed E-state index contributed by atoms with van der Waals surface area (Å²) in [5.41, 5.74) is 2.81. The number of nitrogens with zero attached hydrogens (tertiary/aromatic N) is 2. The third-order valence-corrected chi connectivity index (χ3v) is 5.46. The Morgan fingerprint density at radius 3 is 2.32 bits per heavy atom. The minimum absolute atomic E-state index is 0.128. The number of aromatic nitrogens is 2. The van der Waals surface area contributed by atoms with Crippen molar-refractivity contribution in [1.82, 2.24) is 15.5 Å². The predicted octanol–water partition coefficient (Wildman–Crippen LogP) is 5.07. The van der Waals surface area contributed by atoms with Gasteiger partial charge < -0.3 is 9.73 Å². The second kappa shape index (κ2) is 10.0. The minimum atomic E-state index is -0.335. The van der Waals surface area contributed by atoms with E-state index in [-0.39, 0.29) is 34.6 Å². The molecule has 0 aliphatic heterocycles. The van der Waals surface area contributed by atoms with Crippen LogP contribution in [0.1, 0.15) is 17.2 Å². The molecule has 0 radical (unpaired) electrons. The van der Waals surface area contributed by atoms with E-state index in [1.807, 2.05) is 60.7 Å². The maximum atomic E-state index is 13.1. The van der Waals surface area contributed by atoms with Gasteiger partial charge in [-0.3, -0.25) is 4.79 Å². The van der Waals surface area contributed by atoms with E-state index in [1.165, 1.54) is 12.1 Å².